The van der Waals surface area contributed by atoms with Crippen molar-refractivity contribution >= 4 is 0 Å². The number of benzene rings is 1. The van der Waals surface area contributed by atoms with Gasteiger partial charge in [-0.1, -0.05) is 17.3 Å². The molecule has 30 heavy (non-hydrogen) atoms. The van der Waals surface area contributed by atoms with Gasteiger partial charge < -0.3 is 9.30 Å². The van der Waals surface area contributed by atoms with E-state index >= 15 is 0 Å². The standard InChI is InChI=1S/C20H17F3N6O/c1-28-11-17(25-12-28)16-9-14(7-8-24-16)18-19(20(21,22)23)29(27-26-18)10-13-3-5-15(30-2)6-4-13/h3-9,11-12H,10H2,1-2H3. The van der Waals surface area contributed by atoms with E-state index in [2.05, 4.69) is 20.3 Å². The molecule has 0 aliphatic rings. The molecule has 0 aliphatic carbocycles. The van der Waals surface area contributed by atoms with Crippen LogP contribution in [-0.4, -0.2) is 36.6 Å². The summed E-state index contributed by atoms with van der Waals surface area (Å²) in [6.45, 7) is -0.0793. The first-order valence-electron chi connectivity index (χ1n) is 8.93. The summed E-state index contributed by atoms with van der Waals surface area (Å²) in [5.74, 6) is 0.618. The maximum Gasteiger partial charge on any atom is 0.435 e. The monoisotopic (exact) mass is 414 g/mol. The van der Waals surface area contributed by atoms with Crippen LogP contribution >= 0.6 is 0 Å². The number of pyridine rings is 1. The van der Waals surface area contributed by atoms with Gasteiger partial charge in [-0.2, -0.15) is 13.2 Å². The third-order valence-electron chi connectivity index (χ3n) is 4.50. The van der Waals surface area contributed by atoms with E-state index in [-0.39, 0.29) is 17.8 Å². The Morgan fingerprint density at radius 1 is 1.03 bits per heavy atom. The molecule has 0 radical (unpaired) electrons. The largest absolute Gasteiger partial charge is 0.497 e. The van der Waals surface area contributed by atoms with Gasteiger partial charge >= 0.3 is 6.18 Å². The molecule has 0 fully saturated rings. The predicted molar refractivity (Wildman–Crippen MR) is 103 cm³/mol. The van der Waals surface area contributed by atoms with Gasteiger partial charge in [-0.05, 0) is 29.8 Å². The zero-order valence-electron chi connectivity index (χ0n) is 16.1. The van der Waals surface area contributed by atoms with Crippen LogP contribution in [-0.2, 0) is 19.8 Å². The van der Waals surface area contributed by atoms with Crippen molar-refractivity contribution < 1.29 is 17.9 Å². The molecule has 0 saturated heterocycles. The molecule has 10 heteroatoms. The molecular weight excluding hydrogens is 397 g/mol. The summed E-state index contributed by atoms with van der Waals surface area (Å²) in [4.78, 5) is 8.40. The van der Waals surface area contributed by atoms with Crippen LogP contribution in [0.4, 0.5) is 13.2 Å². The summed E-state index contributed by atoms with van der Waals surface area (Å²) >= 11 is 0. The Bertz CT molecular complexity index is 1160. The van der Waals surface area contributed by atoms with Crippen molar-refractivity contribution in [2.24, 2.45) is 7.05 Å². The molecule has 1 aromatic carbocycles. The molecule has 4 rings (SSSR count). The lowest BCUT2D eigenvalue weighted by molar-refractivity contribution is -0.143. The van der Waals surface area contributed by atoms with Gasteiger partial charge in [0.2, 0.25) is 0 Å². The number of methoxy groups -OCH3 is 1. The number of hydrogen-bond acceptors (Lipinski definition) is 5. The summed E-state index contributed by atoms with van der Waals surface area (Å²) < 4.78 is 49.4. The van der Waals surface area contributed by atoms with Crippen LogP contribution in [0.25, 0.3) is 22.6 Å². The molecule has 0 spiro atoms. The number of rotatable bonds is 5. The highest BCUT2D eigenvalue weighted by Crippen LogP contribution is 2.36. The maximum absolute atomic E-state index is 13.9. The van der Waals surface area contributed by atoms with Gasteiger partial charge in [-0.15, -0.1) is 5.10 Å². The number of hydrogen-bond donors (Lipinski definition) is 0. The second kappa shape index (κ2) is 7.62. The molecule has 4 aromatic rings. The molecule has 0 unspecified atom stereocenters. The SMILES string of the molecule is COc1ccc(Cn2nnc(-c3ccnc(-c4cn(C)cn4)c3)c2C(F)(F)F)cc1. The minimum absolute atomic E-state index is 0.0793. The number of alkyl halides is 3. The highest BCUT2D eigenvalue weighted by molar-refractivity contribution is 5.67. The highest BCUT2D eigenvalue weighted by atomic mass is 19.4. The lowest BCUT2D eigenvalue weighted by atomic mass is 10.1. The topological polar surface area (TPSA) is 70.7 Å². The second-order valence-corrected chi connectivity index (χ2v) is 6.64. The first kappa shape index (κ1) is 19.6. The fraction of sp³-hybridized carbons (Fsp3) is 0.200. The van der Waals surface area contributed by atoms with Crippen molar-refractivity contribution in [2.75, 3.05) is 7.11 Å². The minimum atomic E-state index is -4.64. The number of nitrogens with zero attached hydrogens (tertiary/aromatic N) is 6. The minimum Gasteiger partial charge on any atom is -0.497 e. The summed E-state index contributed by atoms with van der Waals surface area (Å²) in [6.07, 6.45) is 0.120. The zero-order chi connectivity index (χ0) is 21.3. The van der Waals surface area contributed by atoms with Crippen molar-refractivity contribution in [1.29, 1.82) is 0 Å². The van der Waals surface area contributed by atoms with E-state index in [0.29, 0.717) is 22.7 Å². The van der Waals surface area contributed by atoms with Gasteiger partial charge in [0.15, 0.2) is 5.69 Å². The summed E-state index contributed by atoms with van der Waals surface area (Å²) in [7, 11) is 3.32. The molecule has 7 nitrogen and oxygen atoms in total. The Hall–Kier alpha value is -3.69. The normalized spacial score (nSPS) is 11.6. The van der Waals surface area contributed by atoms with E-state index in [4.69, 9.17) is 4.74 Å². The van der Waals surface area contributed by atoms with E-state index in [1.165, 1.54) is 25.4 Å². The van der Waals surface area contributed by atoms with Crippen LogP contribution in [0.1, 0.15) is 11.3 Å². The predicted octanol–water partition coefficient (Wildman–Crippen LogP) is 3.82. The molecule has 3 heterocycles. The Balaban J connectivity index is 1.74. The molecule has 154 valence electrons. The smallest absolute Gasteiger partial charge is 0.435 e. The molecule has 3 aromatic heterocycles. The molecule has 0 aliphatic heterocycles. The van der Waals surface area contributed by atoms with Crippen LogP contribution < -0.4 is 4.74 Å². The van der Waals surface area contributed by atoms with Crippen molar-refractivity contribution in [2.45, 2.75) is 12.7 Å². The van der Waals surface area contributed by atoms with Crippen LogP contribution in [0.15, 0.2) is 55.1 Å². The van der Waals surface area contributed by atoms with Gasteiger partial charge in [0.25, 0.3) is 0 Å². The van der Waals surface area contributed by atoms with Crippen molar-refractivity contribution in [3.63, 3.8) is 0 Å². The van der Waals surface area contributed by atoms with Gasteiger partial charge in [0.1, 0.15) is 17.1 Å². The van der Waals surface area contributed by atoms with Crippen LogP contribution in [0.5, 0.6) is 5.75 Å². The Kier molecular flexibility index (Phi) is 4.98. The Morgan fingerprint density at radius 2 is 1.80 bits per heavy atom. The van der Waals surface area contributed by atoms with Crippen LogP contribution in [0, 0.1) is 0 Å². The lowest BCUT2D eigenvalue weighted by Crippen LogP contribution is -2.16. The second-order valence-electron chi connectivity index (χ2n) is 6.64. The molecule has 0 amide bonds. The lowest BCUT2D eigenvalue weighted by Gasteiger charge is -2.12. The number of ether oxygens (including phenoxy) is 1. The molecule has 0 N–H and O–H groups in total. The van der Waals surface area contributed by atoms with Crippen LogP contribution in [0.3, 0.4) is 0 Å². The van der Waals surface area contributed by atoms with Crippen molar-refractivity contribution in [1.82, 2.24) is 29.5 Å². The third-order valence-corrected chi connectivity index (χ3v) is 4.50. The maximum atomic E-state index is 13.9. The molecule has 0 atom stereocenters. The summed E-state index contributed by atoms with van der Waals surface area (Å²) in [6, 6.07) is 9.74. The van der Waals surface area contributed by atoms with Gasteiger partial charge in [0, 0.05) is 25.0 Å². The molecule has 0 saturated carbocycles. The summed E-state index contributed by atoms with van der Waals surface area (Å²) in [5, 5.41) is 7.62. The fourth-order valence-corrected chi connectivity index (χ4v) is 3.07. The highest BCUT2D eigenvalue weighted by Gasteiger charge is 2.39. The Labute approximate surface area is 169 Å². The number of halogens is 3. The number of imidazole rings is 1. The van der Waals surface area contributed by atoms with E-state index in [9.17, 15) is 13.2 Å². The quantitative estimate of drug-likeness (QED) is 0.497. The van der Waals surface area contributed by atoms with Crippen molar-refractivity contribution in [3.8, 4) is 28.4 Å². The van der Waals surface area contributed by atoms with Gasteiger partial charge in [-0.25, -0.2) is 9.67 Å². The third kappa shape index (κ3) is 3.88. The zero-order valence-corrected chi connectivity index (χ0v) is 16.1. The summed E-state index contributed by atoms with van der Waals surface area (Å²) in [5.41, 5.74) is 0.733. The van der Waals surface area contributed by atoms with E-state index in [0.717, 1.165) is 4.68 Å². The van der Waals surface area contributed by atoms with Gasteiger partial charge in [-0.3, -0.25) is 4.98 Å². The average Bonchev–Trinajstić information content (AvgIpc) is 3.35. The first-order chi connectivity index (χ1) is 14.3. The number of aromatic nitrogens is 6. The molecular formula is C20H17F3N6O. The van der Waals surface area contributed by atoms with E-state index < -0.39 is 11.9 Å². The van der Waals surface area contributed by atoms with Gasteiger partial charge in [0.05, 0.1) is 25.7 Å². The molecule has 0 bridgehead atoms. The average molecular weight is 414 g/mol. The Morgan fingerprint density at radius 3 is 2.43 bits per heavy atom. The number of aryl methyl sites for hydroxylation is 1. The first-order valence-corrected chi connectivity index (χ1v) is 8.93. The van der Waals surface area contributed by atoms with E-state index in [1.54, 1.807) is 48.4 Å². The van der Waals surface area contributed by atoms with Crippen LogP contribution in [0.2, 0.25) is 0 Å². The fourth-order valence-electron chi connectivity index (χ4n) is 3.07. The van der Waals surface area contributed by atoms with Crippen molar-refractivity contribution in [3.05, 3.63) is 66.4 Å². The van der Waals surface area contributed by atoms with E-state index in [1.807, 2.05) is 0 Å².